The fourth-order valence-electron chi connectivity index (χ4n) is 2.22. The fraction of sp³-hybridized carbons (Fsp3) is 0.250. The van der Waals surface area contributed by atoms with Crippen molar-refractivity contribution in [3.05, 3.63) is 53.3 Å². The van der Waals surface area contributed by atoms with Gasteiger partial charge in [-0.15, -0.1) is 0 Å². The van der Waals surface area contributed by atoms with Gasteiger partial charge in [-0.2, -0.15) is 0 Å². The second kappa shape index (κ2) is 5.33. The Balaban J connectivity index is 1.75. The van der Waals surface area contributed by atoms with E-state index in [4.69, 9.17) is 0 Å². The smallest absolute Gasteiger partial charge is 0.179 e. The van der Waals surface area contributed by atoms with Gasteiger partial charge < -0.3 is 10.3 Å². The summed E-state index contributed by atoms with van der Waals surface area (Å²) in [6.45, 7) is 2.11. The molecule has 0 spiro atoms. The highest BCUT2D eigenvalue weighted by atomic mass is 15.0. The third-order valence-corrected chi connectivity index (χ3v) is 3.42. The molecule has 0 aliphatic rings. The molecule has 20 heavy (non-hydrogen) atoms. The first-order chi connectivity index (χ1) is 9.74. The zero-order valence-corrected chi connectivity index (χ0v) is 11.8. The molecule has 0 fully saturated rings. The number of hydrogen-bond acceptors (Lipinski definition) is 3. The molecule has 102 valence electrons. The van der Waals surface area contributed by atoms with Gasteiger partial charge in [0.15, 0.2) is 5.65 Å². The molecule has 4 heteroatoms. The minimum absolute atomic E-state index is 0.774. The van der Waals surface area contributed by atoms with E-state index >= 15 is 0 Å². The van der Waals surface area contributed by atoms with Gasteiger partial charge in [0.05, 0.1) is 5.52 Å². The predicted molar refractivity (Wildman–Crippen MR) is 82.0 cm³/mol. The number of fused-ring (bicyclic) bond motifs is 1. The number of benzene rings is 1. The minimum Gasteiger partial charge on any atom is -0.373 e. The van der Waals surface area contributed by atoms with Crippen molar-refractivity contribution in [1.29, 1.82) is 0 Å². The SMILES string of the molecule is CNc1ccc2[nH]c(CCc3ccc(C)cc3)nc2n1. The van der Waals surface area contributed by atoms with Gasteiger partial charge in [-0.3, -0.25) is 0 Å². The van der Waals surface area contributed by atoms with Crippen molar-refractivity contribution >= 4 is 17.0 Å². The Morgan fingerprint density at radius 3 is 2.55 bits per heavy atom. The monoisotopic (exact) mass is 266 g/mol. The number of pyridine rings is 1. The molecule has 0 saturated heterocycles. The Labute approximate surface area is 118 Å². The van der Waals surface area contributed by atoms with Crippen LogP contribution in [0.3, 0.4) is 0 Å². The Bertz CT molecular complexity index is 713. The summed E-state index contributed by atoms with van der Waals surface area (Å²) in [7, 11) is 1.86. The van der Waals surface area contributed by atoms with Crippen LogP contribution in [0.5, 0.6) is 0 Å². The minimum atomic E-state index is 0.774. The summed E-state index contributed by atoms with van der Waals surface area (Å²) in [5.74, 6) is 1.83. The second-order valence-electron chi connectivity index (χ2n) is 4.99. The Hall–Kier alpha value is -2.36. The van der Waals surface area contributed by atoms with Crippen LogP contribution in [0, 0.1) is 6.92 Å². The standard InChI is InChI=1S/C16H18N4/c1-11-3-5-12(6-4-11)7-9-15-18-13-8-10-14(17-2)19-16(13)20-15/h3-6,8,10H,7,9H2,1-2H3,(H2,17,18,19,20). The topological polar surface area (TPSA) is 53.6 Å². The molecule has 0 amide bonds. The molecule has 4 nitrogen and oxygen atoms in total. The third kappa shape index (κ3) is 2.64. The van der Waals surface area contributed by atoms with Gasteiger partial charge >= 0.3 is 0 Å². The molecule has 3 aromatic rings. The number of H-pyrrole nitrogens is 1. The summed E-state index contributed by atoms with van der Waals surface area (Å²) >= 11 is 0. The van der Waals surface area contributed by atoms with E-state index in [-0.39, 0.29) is 0 Å². The first kappa shape index (κ1) is 12.7. The fourth-order valence-corrected chi connectivity index (χ4v) is 2.22. The van der Waals surface area contributed by atoms with Crippen LogP contribution in [0.15, 0.2) is 36.4 Å². The number of nitrogens with zero attached hydrogens (tertiary/aromatic N) is 2. The molecule has 0 unspecified atom stereocenters. The van der Waals surface area contributed by atoms with Crippen LogP contribution in [0.1, 0.15) is 17.0 Å². The Kier molecular flexibility index (Phi) is 3.37. The number of rotatable bonds is 4. The van der Waals surface area contributed by atoms with E-state index in [2.05, 4.69) is 51.5 Å². The van der Waals surface area contributed by atoms with Crippen LogP contribution in [-0.4, -0.2) is 22.0 Å². The molecule has 3 rings (SSSR count). The maximum absolute atomic E-state index is 4.55. The number of aryl methyl sites for hydroxylation is 3. The highest BCUT2D eigenvalue weighted by Gasteiger charge is 2.05. The van der Waals surface area contributed by atoms with Gasteiger partial charge in [0.25, 0.3) is 0 Å². The molecule has 0 aliphatic heterocycles. The van der Waals surface area contributed by atoms with Gasteiger partial charge in [0.2, 0.25) is 0 Å². The largest absolute Gasteiger partial charge is 0.373 e. The van der Waals surface area contributed by atoms with Crippen molar-refractivity contribution in [3.8, 4) is 0 Å². The van der Waals surface area contributed by atoms with Gasteiger partial charge in [0, 0.05) is 13.5 Å². The molecular formula is C16H18N4. The quantitative estimate of drug-likeness (QED) is 0.763. The van der Waals surface area contributed by atoms with E-state index in [1.807, 2.05) is 19.2 Å². The lowest BCUT2D eigenvalue weighted by atomic mass is 10.1. The van der Waals surface area contributed by atoms with Crippen molar-refractivity contribution in [2.24, 2.45) is 0 Å². The van der Waals surface area contributed by atoms with Gasteiger partial charge in [-0.25, -0.2) is 9.97 Å². The molecule has 1 aromatic carbocycles. The van der Waals surface area contributed by atoms with E-state index in [0.717, 1.165) is 35.6 Å². The van der Waals surface area contributed by atoms with Crippen LogP contribution in [0.2, 0.25) is 0 Å². The second-order valence-corrected chi connectivity index (χ2v) is 4.99. The normalized spacial score (nSPS) is 10.9. The maximum Gasteiger partial charge on any atom is 0.179 e. The van der Waals surface area contributed by atoms with Crippen molar-refractivity contribution < 1.29 is 0 Å². The summed E-state index contributed by atoms with van der Waals surface area (Å²) in [6.07, 6.45) is 1.88. The summed E-state index contributed by atoms with van der Waals surface area (Å²) < 4.78 is 0. The lowest BCUT2D eigenvalue weighted by Gasteiger charge is -1.99. The average molecular weight is 266 g/mol. The van der Waals surface area contributed by atoms with Crippen molar-refractivity contribution in [1.82, 2.24) is 15.0 Å². The maximum atomic E-state index is 4.55. The summed E-state index contributed by atoms with van der Waals surface area (Å²) in [4.78, 5) is 12.3. The van der Waals surface area contributed by atoms with Crippen molar-refractivity contribution in [2.45, 2.75) is 19.8 Å². The number of anilines is 1. The van der Waals surface area contributed by atoms with E-state index in [0.29, 0.717) is 0 Å². The molecule has 2 N–H and O–H groups in total. The molecule has 0 atom stereocenters. The highest BCUT2D eigenvalue weighted by molar-refractivity contribution is 5.72. The van der Waals surface area contributed by atoms with E-state index in [1.165, 1.54) is 11.1 Å². The summed E-state index contributed by atoms with van der Waals surface area (Å²) in [6, 6.07) is 12.6. The van der Waals surface area contributed by atoms with Crippen LogP contribution in [0.25, 0.3) is 11.2 Å². The number of nitrogens with one attached hydrogen (secondary N) is 2. The number of hydrogen-bond donors (Lipinski definition) is 2. The number of aromatic nitrogens is 3. The first-order valence-corrected chi connectivity index (χ1v) is 6.83. The summed E-state index contributed by atoms with van der Waals surface area (Å²) in [5.41, 5.74) is 4.39. The Morgan fingerprint density at radius 1 is 1.00 bits per heavy atom. The van der Waals surface area contributed by atoms with E-state index in [1.54, 1.807) is 0 Å². The molecular weight excluding hydrogens is 248 g/mol. The van der Waals surface area contributed by atoms with Gasteiger partial charge in [0.1, 0.15) is 11.6 Å². The molecule has 0 aliphatic carbocycles. The molecule has 0 bridgehead atoms. The van der Waals surface area contributed by atoms with Crippen LogP contribution < -0.4 is 5.32 Å². The molecule has 0 saturated carbocycles. The zero-order chi connectivity index (χ0) is 13.9. The highest BCUT2D eigenvalue weighted by Crippen LogP contribution is 2.14. The molecule has 2 aromatic heterocycles. The number of aromatic amines is 1. The third-order valence-electron chi connectivity index (χ3n) is 3.42. The van der Waals surface area contributed by atoms with E-state index in [9.17, 15) is 0 Å². The lowest BCUT2D eigenvalue weighted by molar-refractivity contribution is 0.888. The Morgan fingerprint density at radius 2 is 1.80 bits per heavy atom. The molecule has 2 heterocycles. The molecule has 0 radical (unpaired) electrons. The van der Waals surface area contributed by atoms with Gasteiger partial charge in [-0.05, 0) is 31.0 Å². The van der Waals surface area contributed by atoms with Crippen LogP contribution in [0.4, 0.5) is 5.82 Å². The lowest BCUT2D eigenvalue weighted by Crippen LogP contribution is -1.93. The first-order valence-electron chi connectivity index (χ1n) is 6.83. The van der Waals surface area contributed by atoms with Gasteiger partial charge in [-0.1, -0.05) is 29.8 Å². The zero-order valence-electron chi connectivity index (χ0n) is 11.8. The van der Waals surface area contributed by atoms with Crippen molar-refractivity contribution in [3.63, 3.8) is 0 Å². The predicted octanol–water partition coefficient (Wildman–Crippen LogP) is 3.09. The van der Waals surface area contributed by atoms with Crippen LogP contribution >= 0.6 is 0 Å². The van der Waals surface area contributed by atoms with Crippen molar-refractivity contribution in [2.75, 3.05) is 12.4 Å². The van der Waals surface area contributed by atoms with Crippen LogP contribution in [-0.2, 0) is 12.8 Å². The summed E-state index contributed by atoms with van der Waals surface area (Å²) in [5, 5.41) is 3.03. The average Bonchev–Trinajstić information content (AvgIpc) is 2.88. The number of imidazole rings is 1. The van der Waals surface area contributed by atoms with E-state index < -0.39 is 0 Å².